The van der Waals surface area contributed by atoms with Crippen LogP contribution in [0.2, 0.25) is 0 Å². The zero-order valence-electron chi connectivity index (χ0n) is 37.7. The molecule has 16 heteroatoms. The van der Waals surface area contributed by atoms with E-state index in [-0.39, 0.29) is 35.0 Å². The Kier molecular flexibility index (Phi) is 11.0. The molecule has 0 unspecified atom stereocenters. The van der Waals surface area contributed by atoms with Gasteiger partial charge in [-0.25, -0.2) is 28.1 Å². The predicted molar refractivity (Wildman–Crippen MR) is 251 cm³/mol. The number of hydrogen-bond donors (Lipinski definition) is 3. The summed E-state index contributed by atoms with van der Waals surface area (Å²) in [6, 6.07) is 14.9. The fourth-order valence-electron chi connectivity index (χ4n) is 9.41. The minimum absolute atomic E-state index is 0.0693. The predicted octanol–water partition coefficient (Wildman–Crippen LogP) is 7.55. The van der Waals surface area contributed by atoms with Gasteiger partial charge in [-0.2, -0.15) is 10.2 Å². The average molecular weight is 903 g/mol. The molecule has 2 amide bonds. The van der Waals surface area contributed by atoms with Crippen LogP contribution < -0.4 is 16.0 Å². The fraction of sp³-hybridized carbons (Fsp3) is 0.333. The molecule has 8 heterocycles. The van der Waals surface area contributed by atoms with Gasteiger partial charge >= 0.3 is 0 Å². The monoisotopic (exact) mass is 902 g/mol. The maximum absolute atomic E-state index is 14.6. The molecule has 2 aliphatic carbocycles. The van der Waals surface area contributed by atoms with Gasteiger partial charge in [0.25, 0.3) is 11.8 Å². The second kappa shape index (κ2) is 17.3. The molecule has 2 aromatic carbocycles. The van der Waals surface area contributed by atoms with Crippen LogP contribution in [0.25, 0.3) is 45.2 Å². The van der Waals surface area contributed by atoms with E-state index in [0.29, 0.717) is 11.8 Å². The van der Waals surface area contributed by atoms with Crippen LogP contribution in [0.15, 0.2) is 98.1 Å². The van der Waals surface area contributed by atoms with Crippen LogP contribution in [0, 0.1) is 25.5 Å². The van der Waals surface area contributed by atoms with Gasteiger partial charge in [0.2, 0.25) is 0 Å². The Morgan fingerprint density at radius 1 is 0.642 bits per heavy atom. The van der Waals surface area contributed by atoms with Gasteiger partial charge in [-0.3, -0.25) is 18.4 Å². The quantitative estimate of drug-likeness (QED) is 0.128. The maximum atomic E-state index is 14.6. The number of nitrogens with zero attached hydrogens (tertiary/aromatic N) is 9. The Hall–Kier alpha value is -7.04. The van der Waals surface area contributed by atoms with Gasteiger partial charge < -0.3 is 20.9 Å². The Morgan fingerprint density at radius 2 is 1.15 bits per heavy atom. The van der Waals surface area contributed by atoms with Crippen molar-refractivity contribution < 1.29 is 18.4 Å². The summed E-state index contributed by atoms with van der Waals surface area (Å²) in [6.45, 7) is 7.88. The first-order chi connectivity index (χ1) is 32.5. The Balaban J connectivity index is 0.000000148. The van der Waals surface area contributed by atoms with E-state index in [0.717, 1.165) is 121 Å². The highest BCUT2D eigenvalue weighted by molar-refractivity contribution is 5.97. The molecule has 3 N–H and O–H groups in total. The molecule has 2 aliphatic heterocycles. The summed E-state index contributed by atoms with van der Waals surface area (Å²) in [6.07, 6.45) is 21.3. The van der Waals surface area contributed by atoms with Crippen molar-refractivity contribution in [1.29, 1.82) is 0 Å². The number of amides is 2. The molecule has 14 nitrogen and oxygen atoms in total. The second-order valence-corrected chi connectivity index (χ2v) is 18.7. The van der Waals surface area contributed by atoms with Crippen LogP contribution in [0.5, 0.6) is 0 Å². The van der Waals surface area contributed by atoms with Crippen molar-refractivity contribution in [1.82, 2.24) is 59.2 Å². The van der Waals surface area contributed by atoms with Crippen molar-refractivity contribution in [3.8, 4) is 33.9 Å². The third kappa shape index (κ3) is 8.62. The molecule has 2 atom stereocenters. The summed E-state index contributed by atoms with van der Waals surface area (Å²) < 4.78 is 36.8. The van der Waals surface area contributed by atoms with E-state index in [2.05, 4.69) is 87.5 Å². The second-order valence-electron chi connectivity index (χ2n) is 18.7. The lowest BCUT2D eigenvalue weighted by atomic mass is 9.99. The SMILES string of the molecule is Cc1cc(F)c(C(=O)NC2CC2)cc1-c1cnn(-c2cnc3ccc([C@H]4CCN(C)C4)cn23)c1.Cc1cc(F)c(C(=O)NC2CC2)cc1-c1cnn(-c2cnc3ccc([C@H]4CCNC4)cn23)c1. The molecule has 12 rings (SSSR count). The third-order valence-electron chi connectivity index (χ3n) is 13.6. The number of halogens is 2. The zero-order valence-corrected chi connectivity index (χ0v) is 37.7. The zero-order chi connectivity index (χ0) is 45.9. The minimum Gasteiger partial charge on any atom is -0.349 e. The highest BCUT2D eigenvalue weighted by Crippen LogP contribution is 2.32. The standard InChI is InChI=1S/C26H27FN6O.C25H25FN6O/c1-16-9-23(27)22(26(34)30-20-4-5-20)10-21(16)19-11-29-33(15-19)25-12-28-24-6-3-17(14-32(24)25)18-7-8-31(2)13-18;1-15-8-22(26)21(25(33)30-19-3-4-19)9-20(15)18-11-29-32(14-18)24-12-28-23-5-2-17(13-31(23)24)16-6-7-27-10-16/h3,6,9-12,14-15,18,20H,4-5,7-8,13H2,1-2H3,(H,30,34);2,5,8-9,11-14,16,19,27H,3-4,6-7,10H2,1H3,(H,30,33)/t18-;16-/m00/s1. The fourth-order valence-corrected chi connectivity index (χ4v) is 9.41. The van der Waals surface area contributed by atoms with E-state index in [4.69, 9.17) is 0 Å². The van der Waals surface area contributed by atoms with Crippen LogP contribution in [0.3, 0.4) is 0 Å². The average Bonchev–Trinajstić information content (AvgIpc) is 3.79. The molecule has 0 spiro atoms. The molecule has 67 heavy (non-hydrogen) atoms. The Morgan fingerprint density at radius 3 is 1.60 bits per heavy atom. The van der Waals surface area contributed by atoms with Crippen molar-refractivity contribution >= 4 is 23.1 Å². The lowest BCUT2D eigenvalue weighted by Crippen LogP contribution is -2.26. The smallest absolute Gasteiger partial charge is 0.254 e. The van der Waals surface area contributed by atoms with E-state index in [1.807, 2.05) is 38.5 Å². The normalized spacial score (nSPS) is 18.4. The van der Waals surface area contributed by atoms with E-state index < -0.39 is 11.6 Å². The maximum Gasteiger partial charge on any atom is 0.254 e. The largest absolute Gasteiger partial charge is 0.349 e. The van der Waals surface area contributed by atoms with Gasteiger partial charge in [-0.05, 0) is 154 Å². The number of aromatic nitrogens is 8. The van der Waals surface area contributed by atoms with Crippen molar-refractivity contribution in [2.45, 2.75) is 76.3 Å². The summed E-state index contributed by atoms with van der Waals surface area (Å²) >= 11 is 0. The van der Waals surface area contributed by atoms with Crippen molar-refractivity contribution in [2.75, 3.05) is 33.2 Å². The van der Waals surface area contributed by atoms with Crippen LogP contribution in [0.4, 0.5) is 8.78 Å². The first-order valence-electron chi connectivity index (χ1n) is 23.2. The molecule has 2 saturated heterocycles. The molecule has 342 valence electrons. The van der Waals surface area contributed by atoms with Crippen molar-refractivity contribution in [2.24, 2.45) is 0 Å². The van der Waals surface area contributed by atoms with Gasteiger partial charge in [-0.15, -0.1) is 0 Å². The summed E-state index contributed by atoms with van der Waals surface area (Å²) in [5.74, 6) is 0.951. The molecular weight excluding hydrogens is 851 g/mol. The number of hydrogen-bond acceptors (Lipinski definition) is 8. The Bertz CT molecular complexity index is 3190. The number of imidazole rings is 2. The number of likely N-dealkylation sites (N-methyl/N-ethyl adjacent to an activating group) is 1. The number of carbonyl (C=O) groups excluding carboxylic acids is 2. The molecule has 4 aliphatic rings. The van der Waals surface area contributed by atoms with E-state index in [1.54, 1.807) is 40.1 Å². The highest BCUT2D eigenvalue weighted by Gasteiger charge is 2.28. The van der Waals surface area contributed by atoms with Crippen LogP contribution in [-0.4, -0.2) is 100 Å². The van der Waals surface area contributed by atoms with E-state index in [9.17, 15) is 18.4 Å². The van der Waals surface area contributed by atoms with Gasteiger partial charge in [0, 0.05) is 61.1 Å². The summed E-state index contributed by atoms with van der Waals surface area (Å²) in [5.41, 5.74) is 9.15. The van der Waals surface area contributed by atoms with Gasteiger partial charge in [0.1, 0.15) is 22.9 Å². The first kappa shape index (κ1) is 42.6. The number of rotatable bonds is 10. The molecule has 0 bridgehead atoms. The lowest BCUT2D eigenvalue weighted by Gasteiger charge is -2.12. The lowest BCUT2D eigenvalue weighted by molar-refractivity contribution is 0.0938. The third-order valence-corrected chi connectivity index (χ3v) is 13.6. The van der Waals surface area contributed by atoms with Crippen molar-refractivity contribution in [3.63, 3.8) is 0 Å². The van der Waals surface area contributed by atoms with Gasteiger partial charge in [-0.1, -0.05) is 12.1 Å². The number of pyridine rings is 2. The number of nitrogens with one attached hydrogen (secondary N) is 3. The van der Waals surface area contributed by atoms with Crippen molar-refractivity contribution in [3.05, 3.63) is 143 Å². The number of aryl methyl sites for hydroxylation is 2. The van der Waals surface area contributed by atoms with Gasteiger partial charge in [0.15, 0.2) is 11.6 Å². The molecule has 8 aromatic rings. The van der Waals surface area contributed by atoms with E-state index >= 15 is 0 Å². The van der Waals surface area contributed by atoms with Crippen LogP contribution in [-0.2, 0) is 0 Å². The topological polar surface area (TPSA) is 144 Å². The highest BCUT2D eigenvalue weighted by atomic mass is 19.1. The number of likely N-dealkylation sites (tertiary alicyclic amines) is 1. The number of benzene rings is 2. The molecule has 6 aromatic heterocycles. The summed E-state index contributed by atoms with van der Waals surface area (Å²) in [4.78, 5) is 36.5. The van der Waals surface area contributed by atoms with Crippen LogP contribution >= 0.6 is 0 Å². The van der Waals surface area contributed by atoms with E-state index in [1.165, 1.54) is 23.3 Å². The Labute approximate surface area is 386 Å². The molecular formula is C51H52F2N12O2. The summed E-state index contributed by atoms with van der Waals surface area (Å²) in [7, 11) is 2.16. The number of fused-ring (bicyclic) bond motifs is 2. The van der Waals surface area contributed by atoms with Gasteiger partial charge in [0.05, 0.1) is 35.9 Å². The summed E-state index contributed by atoms with van der Waals surface area (Å²) in [5, 5.41) is 18.3. The molecule has 2 saturated carbocycles. The first-order valence-corrected chi connectivity index (χ1v) is 23.2. The molecule has 4 fully saturated rings. The number of carbonyl (C=O) groups is 2. The van der Waals surface area contributed by atoms with Crippen LogP contribution in [0.1, 0.15) is 93.3 Å². The molecule has 0 radical (unpaired) electrons. The minimum atomic E-state index is -0.502.